The summed E-state index contributed by atoms with van der Waals surface area (Å²) in [7, 11) is 1.92. The number of likely N-dealkylation sites (N-methyl/N-ethyl adjacent to an activating group) is 1. The third kappa shape index (κ3) is 3.03. The Kier molecular flexibility index (Phi) is 4.25. The number of carbonyl (C=O) groups is 1. The van der Waals surface area contributed by atoms with E-state index in [1.165, 1.54) is 0 Å². The van der Waals surface area contributed by atoms with E-state index in [1.54, 1.807) is 6.08 Å². The van der Waals surface area contributed by atoms with E-state index < -0.39 is 0 Å². The van der Waals surface area contributed by atoms with Crippen LogP contribution in [0, 0.1) is 0 Å². The second-order valence-corrected chi connectivity index (χ2v) is 3.63. The van der Waals surface area contributed by atoms with Crippen LogP contribution in [-0.4, -0.2) is 30.3 Å². The highest BCUT2D eigenvalue weighted by molar-refractivity contribution is 5.99. The van der Waals surface area contributed by atoms with Crippen LogP contribution in [0.3, 0.4) is 0 Å². The summed E-state index contributed by atoms with van der Waals surface area (Å²) in [6.07, 6.45) is 1.80. The Balaban J connectivity index is 2.73. The van der Waals surface area contributed by atoms with Crippen LogP contribution < -0.4 is 0 Å². The molecule has 1 unspecified atom stereocenters. The number of ketones is 1. The third-order valence-corrected chi connectivity index (χ3v) is 2.52. The fraction of sp³-hybridized carbons (Fsp3) is 0.308. The normalized spacial score (nSPS) is 12.5. The van der Waals surface area contributed by atoms with Gasteiger partial charge in [0.1, 0.15) is 0 Å². The molecule has 0 heterocycles. The van der Waals surface area contributed by atoms with Gasteiger partial charge in [0.25, 0.3) is 0 Å². The van der Waals surface area contributed by atoms with Crippen molar-refractivity contribution in [1.82, 2.24) is 4.90 Å². The largest absolute Gasteiger partial charge is 0.293 e. The summed E-state index contributed by atoms with van der Waals surface area (Å²) in [6.45, 7) is 6.30. The SMILES string of the molecule is C=CCN(C)C(C)C(=O)c1ccccc1. The Bertz CT molecular complexity index is 332. The van der Waals surface area contributed by atoms with Gasteiger partial charge in [0.15, 0.2) is 5.78 Å². The molecule has 1 aromatic carbocycles. The lowest BCUT2D eigenvalue weighted by Gasteiger charge is -2.21. The molecular formula is C13H17NO. The third-order valence-electron chi connectivity index (χ3n) is 2.52. The predicted octanol–water partition coefficient (Wildman–Crippen LogP) is 2.38. The molecular weight excluding hydrogens is 186 g/mol. The summed E-state index contributed by atoms with van der Waals surface area (Å²) in [5.74, 6) is 0.153. The van der Waals surface area contributed by atoms with Crippen molar-refractivity contribution in [3.63, 3.8) is 0 Å². The van der Waals surface area contributed by atoms with Crippen molar-refractivity contribution in [2.45, 2.75) is 13.0 Å². The summed E-state index contributed by atoms with van der Waals surface area (Å²) in [4.78, 5) is 14.0. The summed E-state index contributed by atoms with van der Waals surface area (Å²) < 4.78 is 0. The van der Waals surface area contributed by atoms with Crippen LogP contribution in [0.25, 0.3) is 0 Å². The first kappa shape index (κ1) is 11.7. The molecule has 0 aliphatic rings. The fourth-order valence-corrected chi connectivity index (χ4v) is 1.41. The van der Waals surface area contributed by atoms with Crippen molar-refractivity contribution in [1.29, 1.82) is 0 Å². The molecule has 0 fully saturated rings. The van der Waals surface area contributed by atoms with Crippen LogP contribution >= 0.6 is 0 Å². The number of carbonyl (C=O) groups excluding carboxylic acids is 1. The molecule has 0 saturated carbocycles. The predicted molar refractivity (Wildman–Crippen MR) is 63.1 cm³/mol. The van der Waals surface area contributed by atoms with Crippen molar-refractivity contribution in [3.05, 3.63) is 48.6 Å². The van der Waals surface area contributed by atoms with E-state index in [-0.39, 0.29) is 11.8 Å². The Morgan fingerprint density at radius 3 is 2.60 bits per heavy atom. The molecule has 80 valence electrons. The summed E-state index contributed by atoms with van der Waals surface area (Å²) in [5.41, 5.74) is 0.765. The number of Topliss-reactive ketones (excluding diaryl/α,β-unsaturated/α-hetero) is 1. The van der Waals surface area contributed by atoms with E-state index in [2.05, 4.69) is 6.58 Å². The Hall–Kier alpha value is -1.41. The van der Waals surface area contributed by atoms with Crippen LogP contribution in [0.2, 0.25) is 0 Å². The monoisotopic (exact) mass is 203 g/mol. The first-order chi connectivity index (χ1) is 7.16. The van der Waals surface area contributed by atoms with Crippen LogP contribution in [0.4, 0.5) is 0 Å². The number of rotatable bonds is 5. The standard InChI is InChI=1S/C13H17NO/c1-4-10-14(3)11(2)13(15)12-8-6-5-7-9-12/h4-9,11H,1,10H2,2-3H3. The van der Waals surface area contributed by atoms with Crippen LogP contribution in [-0.2, 0) is 0 Å². The molecule has 0 aromatic heterocycles. The highest BCUT2D eigenvalue weighted by Crippen LogP contribution is 2.07. The Labute approximate surface area is 91.2 Å². The molecule has 0 spiro atoms. The maximum Gasteiger partial charge on any atom is 0.179 e. The fourth-order valence-electron chi connectivity index (χ4n) is 1.41. The van der Waals surface area contributed by atoms with Crippen molar-refractivity contribution in [2.24, 2.45) is 0 Å². The second-order valence-electron chi connectivity index (χ2n) is 3.63. The molecule has 0 saturated heterocycles. The van der Waals surface area contributed by atoms with Gasteiger partial charge in [0.2, 0.25) is 0 Å². The Morgan fingerprint density at radius 1 is 1.47 bits per heavy atom. The molecule has 0 bridgehead atoms. The van der Waals surface area contributed by atoms with Gasteiger partial charge in [-0.15, -0.1) is 6.58 Å². The Morgan fingerprint density at radius 2 is 2.07 bits per heavy atom. The van der Waals surface area contributed by atoms with E-state index >= 15 is 0 Å². The number of benzene rings is 1. The van der Waals surface area contributed by atoms with Gasteiger partial charge in [-0.2, -0.15) is 0 Å². The van der Waals surface area contributed by atoms with Gasteiger partial charge in [0.05, 0.1) is 6.04 Å². The molecule has 1 atom stereocenters. The lowest BCUT2D eigenvalue weighted by atomic mass is 10.0. The molecule has 0 aliphatic carbocycles. The first-order valence-electron chi connectivity index (χ1n) is 5.07. The van der Waals surface area contributed by atoms with Gasteiger partial charge in [-0.05, 0) is 14.0 Å². The molecule has 0 N–H and O–H groups in total. The van der Waals surface area contributed by atoms with Gasteiger partial charge in [-0.1, -0.05) is 36.4 Å². The summed E-state index contributed by atoms with van der Waals surface area (Å²) in [5, 5.41) is 0. The van der Waals surface area contributed by atoms with E-state index in [9.17, 15) is 4.79 Å². The van der Waals surface area contributed by atoms with Crippen molar-refractivity contribution >= 4 is 5.78 Å². The molecule has 2 heteroatoms. The molecule has 15 heavy (non-hydrogen) atoms. The minimum absolute atomic E-state index is 0.106. The van der Waals surface area contributed by atoms with Crippen molar-refractivity contribution < 1.29 is 4.79 Å². The lowest BCUT2D eigenvalue weighted by Crippen LogP contribution is -2.36. The van der Waals surface area contributed by atoms with Crippen LogP contribution in [0.1, 0.15) is 17.3 Å². The summed E-state index contributed by atoms with van der Waals surface area (Å²) in [6, 6.07) is 9.27. The van der Waals surface area contributed by atoms with Gasteiger partial charge >= 0.3 is 0 Å². The maximum absolute atomic E-state index is 12.0. The zero-order chi connectivity index (χ0) is 11.3. The average molecular weight is 203 g/mol. The van der Waals surface area contributed by atoms with E-state index in [4.69, 9.17) is 0 Å². The maximum atomic E-state index is 12.0. The number of nitrogens with zero attached hydrogens (tertiary/aromatic N) is 1. The zero-order valence-electron chi connectivity index (χ0n) is 9.31. The van der Waals surface area contributed by atoms with Crippen molar-refractivity contribution in [3.8, 4) is 0 Å². The summed E-state index contributed by atoms with van der Waals surface area (Å²) >= 11 is 0. The second kappa shape index (κ2) is 5.47. The van der Waals surface area contributed by atoms with Gasteiger partial charge in [-0.3, -0.25) is 9.69 Å². The number of hydrogen-bond donors (Lipinski definition) is 0. The minimum Gasteiger partial charge on any atom is -0.293 e. The molecule has 1 aromatic rings. The molecule has 0 amide bonds. The van der Waals surface area contributed by atoms with Crippen LogP contribution in [0.5, 0.6) is 0 Å². The number of hydrogen-bond acceptors (Lipinski definition) is 2. The molecule has 2 nitrogen and oxygen atoms in total. The van der Waals surface area contributed by atoms with E-state index in [0.29, 0.717) is 0 Å². The van der Waals surface area contributed by atoms with Gasteiger partial charge in [0, 0.05) is 12.1 Å². The van der Waals surface area contributed by atoms with Crippen LogP contribution in [0.15, 0.2) is 43.0 Å². The molecule has 0 radical (unpaired) electrons. The van der Waals surface area contributed by atoms with Gasteiger partial charge < -0.3 is 0 Å². The van der Waals surface area contributed by atoms with E-state index in [0.717, 1.165) is 12.1 Å². The minimum atomic E-state index is -0.106. The average Bonchev–Trinajstić information content (AvgIpc) is 2.28. The molecule has 1 rings (SSSR count). The van der Waals surface area contributed by atoms with E-state index in [1.807, 2.05) is 49.2 Å². The highest BCUT2D eigenvalue weighted by Gasteiger charge is 2.17. The highest BCUT2D eigenvalue weighted by atomic mass is 16.1. The molecule has 0 aliphatic heterocycles. The first-order valence-corrected chi connectivity index (χ1v) is 5.07. The van der Waals surface area contributed by atoms with Gasteiger partial charge in [-0.25, -0.2) is 0 Å². The zero-order valence-corrected chi connectivity index (χ0v) is 9.31. The van der Waals surface area contributed by atoms with Crippen molar-refractivity contribution in [2.75, 3.05) is 13.6 Å². The lowest BCUT2D eigenvalue weighted by molar-refractivity contribution is 0.0879. The topological polar surface area (TPSA) is 20.3 Å². The smallest absolute Gasteiger partial charge is 0.179 e. The quantitative estimate of drug-likeness (QED) is 0.541.